The van der Waals surface area contributed by atoms with Crippen LogP contribution in [0, 0.1) is 0 Å². The van der Waals surface area contributed by atoms with Crippen molar-refractivity contribution in [3.05, 3.63) is 38.3 Å². The van der Waals surface area contributed by atoms with E-state index in [0.29, 0.717) is 12.2 Å². The average molecular weight is 314 g/mol. The minimum atomic E-state index is -0.148. The van der Waals surface area contributed by atoms with E-state index in [1.165, 1.54) is 0 Å². The first-order chi connectivity index (χ1) is 8.19. The average Bonchev–Trinajstić information content (AvgIpc) is 2.94. The second-order valence-electron chi connectivity index (χ2n) is 3.55. The summed E-state index contributed by atoms with van der Waals surface area (Å²) in [7, 11) is 0. The molecule has 2 heterocycles. The van der Waals surface area contributed by atoms with E-state index in [1.807, 2.05) is 18.4 Å². The monoisotopic (exact) mass is 313 g/mol. The predicted octanol–water partition coefficient (Wildman–Crippen LogP) is 2.73. The molecule has 1 amide bonds. The van der Waals surface area contributed by atoms with Crippen LogP contribution in [0.2, 0.25) is 0 Å². The molecule has 0 aliphatic heterocycles. The summed E-state index contributed by atoms with van der Waals surface area (Å²) in [5, 5.41) is 11.6. The second kappa shape index (κ2) is 5.46. The molecular formula is C11H12BrN3OS. The number of H-pyrrole nitrogens is 1. The van der Waals surface area contributed by atoms with Crippen molar-refractivity contribution >= 4 is 33.2 Å². The van der Waals surface area contributed by atoms with Gasteiger partial charge in [-0.2, -0.15) is 5.10 Å². The maximum absolute atomic E-state index is 11.8. The summed E-state index contributed by atoms with van der Waals surface area (Å²) in [6.45, 7) is 2.54. The fraction of sp³-hybridized carbons (Fsp3) is 0.273. The highest BCUT2D eigenvalue weighted by atomic mass is 79.9. The molecule has 0 bridgehead atoms. The van der Waals surface area contributed by atoms with Gasteiger partial charge in [0.05, 0.1) is 6.54 Å². The molecule has 0 fully saturated rings. The predicted molar refractivity (Wildman–Crippen MR) is 71.2 cm³/mol. The van der Waals surface area contributed by atoms with Crippen LogP contribution in [0.4, 0.5) is 0 Å². The van der Waals surface area contributed by atoms with Crippen LogP contribution in [0.25, 0.3) is 0 Å². The number of amides is 1. The summed E-state index contributed by atoms with van der Waals surface area (Å²) in [6.07, 6.45) is 0.845. The minimum absolute atomic E-state index is 0.148. The van der Waals surface area contributed by atoms with E-state index in [0.717, 1.165) is 21.5 Å². The first-order valence-electron chi connectivity index (χ1n) is 5.24. The van der Waals surface area contributed by atoms with Crippen LogP contribution in [0.1, 0.15) is 28.0 Å². The molecule has 0 spiro atoms. The van der Waals surface area contributed by atoms with Crippen LogP contribution < -0.4 is 5.32 Å². The summed E-state index contributed by atoms with van der Waals surface area (Å²) in [6, 6.07) is 3.77. The first kappa shape index (κ1) is 12.3. The summed E-state index contributed by atoms with van der Waals surface area (Å²) in [4.78, 5) is 12.9. The fourth-order valence-electron chi connectivity index (χ4n) is 1.36. The number of hydrogen-bond acceptors (Lipinski definition) is 3. The largest absolute Gasteiger partial charge is 0.346 e. The van der Waals surface area contributed by atoms with E-state index < -0.39 is 0 Å². The molecule has 0 aromatic carbocycles. The molecule has 0 aliphatic rings. The number of thiophene rings is 1. The zero-order chi connectivity index (χ0) is 12.3. The number of nitrogens with one attached hydrogen (secondary N) is 2. The Morgan fingerprint density at radius 1 is 1.59 bits per heavy atom. The lowest BCUT2D eigenvalue weighted by Gasteiger charge is -1.99. The number of hydrogen-bond donors (Lipinski definition) is 2. The standard InChI is InChI=1S/C11H12BrN3OS/c1-2-8-4-10(15-14-8)11(16)13-5-9-3-7(12)6-17-9/h3-4,6H,2,5H2,1H3,(H,13,16)(H,14,15). The Bertz CT molecular complexity index is 520. The summed E-state index contributed by atoms with van der Waals surface area (Å²) in [5.74, 6) is -0.148. The van der Waals surface area contributed by atoms with E-state index in [1.54, 1.807) is 17.4 Å². The van der Waals surface area contributed by atoms with Crippen LogP contribution in [0.5, 0.6) is 0 Å². The van der Waals surface area contributed by atoms with Gasteiger partial charge in [0.2, 0.25) is 0 Å². The maximum atomic E-state index is 11.8. The Kier molecular flexibility index (Phi) is 3.96. The lowest BCUT2D eigenvalue weighted by Crippen LogP contribution is -2.22. The van der Waals surface area contributed by atoms with Crippen LogP contribution in [0.15, 0.2) is 22.0 Å². The smallest absolute Gasteiger partial charge is 0.272 e. The lowest BCUT2D eigenvalue weighted by atomic mass is 10.3. The lowest BCUT2D eigenvalue weighted by molar-refractivity contribution is 0.0946. The zero-order valence-electron chi connectivity index (χ0n) is 9.29. The molecule has 2 aromatic heterocycles. The number of carbonyl (C=O) groups is 1. The topological polar surface area (TPSA) is 57.8 Å². The third kappa shape index (κ3) is 3.17. The number of aromatic amines is 1. The third-order valence-electron chi connectivity index (χ3n) is 2.29. The van der Waals surface area contributed by atoms with Crippen molar-refractivity contribution in [2.75, 3.05) is 0 Å². The van der Waals surface area contributed by atoms with Gasteiger partial charge < -0.3 is 5.32 Å². The Balaban J connectivity index is 1.93. The molecule has 6 heteroatoms. The van der Waals surface area contributed by atoms with Gasteiger partial charge in [0, 0.05) is 20.4 Å². The molecule has 0 saturated heterocycles. The van der Waals surface area contributed by atoms with E-state index in [-0.39, 0.29) is 5.91 Å². The van der Waals surface area contributed by atoms with Gasteiger partial charge in [-0.25, -0.2) is 0 Å². The molecule has 0 saturated carbocycles. The fourth-order valence-corrected chi connectivity index (χ4v) is 2.75. The van der Waals surface area contributed by atoms with Crippen molar-refractivity contribution < 1.29 is 4.79 Å². The van der Waals surface area contributed by atoms with Crippen LogP contribution >= 0.6 is 27.3 Å². The molecule has 0 atom stereocenters. The molecule has 0 aliphatic carbocycles. The highest BCUT2D eigenvalue weighted by molar-refractivity contribution is 9.10. The van der Waals surface area contributed by atoms with Crippen LogP contribution in [-0.2, 0) is 13.0 Å². The van der Waals surface area contributed by atoms with Crippen LogP contribution in [-0.4, -0.2) is 16.1 Å². The highest BCUT2D eigenvalue weighted by Crippen LogP contribution is 2.19. The zero-order valence-corrected chi connectivity index (χ0v) is 11.7. The van der Waals surface area contributed by atoms with E-state index in [2.05, 4.69) is 31.4 Å². The quantitative estimate of drug-likeness (QED) is 0.911. The van der Waals surface area contributed by atoms with Gasteiger partial charge in [-0.15, -0.1) is 11.3 Å². The van der Waals surface area contributed by atoms with Crippen molar-refractivity contribution in [3.63, 3.8) is 0 Å². The summed E-state index contributed by atoms with van der Waals surface area (Å²) in [5.41, 5.74) is 1.41. The van der Waals surface area contributed by atoms with Crippen molar-refractivity contribution in [1.82, 2.24) is 15.5 Å². The van der Waals surface area contributed by atoms with Gasteiger partial charge in [0.1, 0.15) is 5.69 Å². The third-order valence-corrected chi connectivity index (χ3v) is 3.99. The Morgan fingerprint density at radius 3 is 3.00 bits per heavy atom. The number of aryl methyl sites for hydroxylation is 1. The van der Waals surface area contributed by atoms with E-state index >= 15 is 0 Å². The molecule has 4 nitrogen and oxygen atoms in total. The van der Waals surface area contributed by atoms with Crippen molar-refractivity contribution in [3.8, 4) is 0 Å². The first-order valence-corrected chi connectivity index (χ1v) is 6.91. The van der Waals surface area contributed by atoms with Gasteiger partial charge in [-0.1, -0.05) is 6.92 Å². The van der Waals surface area contributed by atoms with Gasteiger partial charge in [-0.05, 0) is 34.5 Å². The van der Waals surface area contributed by atoms with Crippen LogP contribution in [0.3, 0.4) is 0 Å². The Labute approximate surface area is 112 Å². The molecule has 17 heavy (non-hydrogen) atoms. The number of carbonyl (C=O) groups excluding carboxylic acids is 1. The number of rotatable bonds is 4. The minimum Gasteiger partial charge on any atom is -0.346 e. The van der Waals surface area contributed by atoms with Gasteiger partial charge in [-0.3, -0.25) is 9.89 Å². The number of nitrogens with zero attached hydrogens (tertiary/aromatic N) is 1. The summed E-state index contributed by atoms with van der Waals surface area (Å²) < 4.78 is 1.04. The van der Waals surface area contributed by atoms with Crippen molar-refractivity contribution in [1.29, 1.82) is 0 Å². The van der Waals surface area contributed by atoms with E-state index in [4.69, 9.17) is 0 Å². The van der Waals surface area contributed by atoms with Gasteiger partial charge in [0.15, 0.2) is 0 Å². The molecular weight excluding hydrogens is 302 g/mol. The number of halogens is 1. The molecule has 2 rings (SSSR count). The van der Waals surface area contributed by atoms with Gasteiger partial charge in [0.25, 0.3) is 5.91 Å². The van der Waals surface area contributed by atoms with Crippen molar-refractivity contribution in [2.45, 2.75) is 19.9 Å². The van der Waals surface area contributed by atoms with Gasteiger partial charge >= 0.3 is 0 Å². The molecule has 90 valence electrons. The van der Waals surface area contributed by atoms with E-state index in [9.17, 15) is 4.79 Å². The van der Waals surface area contributed by atoms with Crippen molar-refractivity contribution in [2.24, 2.45) is 0 Å². The Hall–Kier alpha value is -1.14. The Morgan fingerprint density at radius 2 is 2.41 bits per heavy atom. The highest BCUT2D eigenvalue weighted by Gasteiger charge is 2.09. The second-order valence-corrected chi connectivity index (χ2v) is 5.46. The molecule has 0 unspecified atom stereocenters. The molecule has 0 radical (unpaired) electrons. The maximum Gasteiger partial charge on any atom is 0.272 e. The molecule has 2 aromatic rings. The SMILES string of the molecule is CCc1cc(C(=O)NCc2cc(Br)cs2)n[nH]1. The molecule has 2 N–H and O–H groups in total. The normalized spacial score (nSPS) is 10.5. The number of aromatic nitrogens is 2. The summed E-state index contributed by atoms with van der Waals surface area (Å²) >= 11 is 4.98.